The molecule has 2 atom stereocenters. The zero-order valence-corrected chi connectivity index (χ0v) is 13.7. The number of hydrogen-bond donors (Lipinski definition) is 1. The van der Waals surface area contributed by atoms with Crippen LogP contribution >= 0.6 is 0 Å². The summed E-state index contributed by atoms with van der Waals surface area (Å²) in [5.74, 6) is 0.0476. The Morgan fingerprint density at radius 2 is 1.75 bits per heavy atom. The lowest BCUT2D eigenvalue weighted by Crippen LogP contribution is -2.71. The lowest BCUT2D eigenvalue weighted by atomic mass is 9.88. The minimum Gasteiger partial charge on any atom is -0.382 e. The Morgan fingerprint density at radius 3 is 2.15 bits per heavy atom. The molecule has 5 heteroatoms. The van der Waals surface area contributed by atoms with E-state index in [1.807, 2.05) is 41.5 Å². The highest BCUT2D eigenvalue weighted by molar-refractivity contribution is 5.97. The first-order valence-electron chi connectivity index (χ1n) is 7.26. The van der Waals surface area contributed by atoms with Crippen LogP contribution < -0.4 is 5.32 Å². The smallest absolute Gasteiger partial charge is 0.246 e. The molecule has 0 aliphatic carbocycles. The summed E-state index contributed by atoms with van der Waals surface area (Å²) in [5, 5.41) is 2.87. The Bertz CT molecular complexity index is 377. The number of ether oxygens (including phenoxy) is 1. The number of methoxy groups -OCH3 is 1. The molecule has 1 aliphatic rings. The van der Waals surface area contributed by atoms with Crippen molar-refractivity contribution in [2.75, 3.05) is 13.7 Å². The van der Waals surface area contributed by atoms with Crippen molar-refractivity contribution in [1.82, 2.24) is 10.2 Å². The van der Waals surface area contributed by atoms with Gasteiger partial charge in [-0.05, 0) is 25.7 Å². The Balaban J connectivity index is 3.21. The molecule has 1 heterocycles. The average Bonchev–Trinajstić information content (AvgIpc) is 2.29. The van der Waals surface area contributed by atoms with Crippen LogP contribution in [0.4, 0.5) is 0 Å². The quantitative estimate of drug-likeness (QED) is 0.830. The van der Waals surface area contributed by atoms with Crippen molar-refractivity contribution in [1.29, 1.82) is 0 Å². The van der Waals surface area contributed by atoms with Gasteiger partial charge >= 0.3 is 0 Å². The van der Waals surface area contributed by atoms with Crippen molar-refractivity contribution < 1.29 is 14.3 Å². The molecule has 2 unspecified atom stereocenters. The number of piperazine rings is 1. The third-order valence-electron chi connectivity index (χ3n) is 3.80. The van der Waals surface area contributed by atoms with Crippen molar-refractivity contribution >= 4 is 11.8 Å². The predicted molar refractivity (Wildman–Crippen MR) is 78.2 cm³/mol. The molecule has 1 saturated heterocycles. The largest absolute Gasteiger partial charge is 0.382 e. The summed E-state index contributed by atoms with van der Waals surface area (Å²) in [6.45, 7) is 12.1. The first-order chi connectivity index (χ1) is 9.13. The highest BCUT2D eigenvalue weighted by Gasteiger charge is 2.48. The van der Waals surface area contributed by atoms with Crippen LogP contribution in [0.1, 0.15) is 41.5 Å². The first kappa shape index (κ1) is 17.0. The van der Waals surface area contributed by atoms with E-state index in [1.165, 1.54) is 0 Å². The number of nitrogens with zero attached hydrogens (tertiary/aromatic N) is 1. The molecular formula is C15H28N2O3. The number of hydrogen-bond acceptors (Lipinski definition) is 3. The number of amides is 2. The molecule has 5 nitrogen and oxygen atoms in total. The van der Waals surface area contributed by atoms with Crippen LogP contribution in [0.5, 0.6) is 0 Å². The second-order valence-electron chi connectivity index (χ2n) is 6.87. The van der Waals surface area contributed by atoms with E-state index < -0.39 is 17.6 Å². The van der Waals surface area contributed by atoms with E-state index in [4.69, 9.17) is 4.74 Å². The van der Waals surface area contributed by atoms with Crippen LogP contribution in [-0.2, 0) is 14.3 Å². The van der Waals surface area contributed by atoms with Gasteiger partial charge in [-0.2, -0.15) is 0 Å². The molecule has 1 aliphatic heterocycles. The highest BCUT2D eigenvalue weighted by atomic mass is 16.5. The topological polar surface area (TPSA) is 58.6 Å². The van der Waals surface area contributed by atoms with Crippen LogP contribution in [0.25, 0.3) is 0 Å². The maximum atomic E-state index is 12.8. The molecule has 0 bridgehead atoms. The zero-order chi connectivity index (χ0) is 15.7. The van der Waals surface area contributed by atoms with Gasteiger partial charge in [-0.3, -0.25) is 9.59 Å². The molecule has 0 spiro atoms. The Morgan fingerprint density at radius 1 is 1.20 bits per heavy atom. The Labute approximate surface area is 122 Å². The van der Waals surface area contributed by atoms with Gasteiger partial charge in [0, 0.05) is 7.11 Å². The number of carbonyl (C=O) groups is 2. The molecule has 1 rings (SSSR count). The van der Waals surface area contributed by atoms with E-state index in [-0.39, 0.29) is 23.7 Å². The minimum absolute atomic E-state index is 0.0136. The Kier molecular flexibility index (Phi) is 5.19. The van der Waals surface area contributed by atoms with Crippen LogP contribution in [0, 0.1) is 11.8 Å². The second kappa shape index (κ2) is 6.12. The highest BCUT2D eigenvalue weighted by Crippen LogP contribution is 2.28. The van der Waals surface area contributed by atoms with E-state index in [0.29, 0.717) is 6.61 Å². The van der Waals surface area contributed by atoms with E-state index in [2.05, 4.69) is 5.32 Å². The van der Waals surface area contributed by atoms with Crippen molar-refractivity contribution in [3.8, 4) is 0 Å². The zero-order valence-electron chi connectivity index (χ0n) is 13.7. The SMILES string of the molecule is COCC(C)(C)N1C(=O)C(C(C)C)NC(=O)C1C(C)C. The average molecular weight is 284 g/mol. The van der Waals surface area contributed by atoms with Crippen molar-refractivity contribution in [3.63, 3.8) is 0 Å². The minimum atomic E-state index is -0.508. The number of nitrogens with one attached hydrogen (secondary N) is 1. The molecule has 0 aromatic carbocycles. The third kappa shape index (κ3) is 3.14. The van der Waals surface area contributed by atoms with Crippen LogP contribution in [0.3, 0.4) is 0 Å². The van der Waals surface area contributed by atoms with E-state index in [9.17, 15) is 9.59 Å². The molecule has 116 valence electrons. The lowest BCUT2D eigenvalue weighted by Gasteiger charge is -2.49. The third-order valence-corrected chi connectivity index (χ3v) is 3.80. The molecule has 0 radical (unpaired) electrons. The molecule has 20 heavy (non-hydrogen) atoms. The fraction of sp³-hybridized carbons (Fsp3) is 0.867. The summed E-state index contributed by atoms with van der Waals surface area (Å²) in [6, 6.07) is -0.892. The van der Waals surface area contributed by atoms with Crippen LogP contribution in [0.2, 0.25) is 0 Å². The molecule has 0 aromatic rings. The predicted octanol–water partition coefficient (Wildman–Crippen LogP) is 1.42. The Hall–Kier alpha value is -1.10. The van der Waals surface area contributed by atoms with Gasteiger partial charge in [-0.25, -0.2) is 0 Å². The molecule has 2 amide bonds. The fourth-order valence-electron chi connectivity index (χ4n) is 2.85. The van der Waals surface area contributed by atoms with Gasteiger partial charge in [0.2, 0.25) is 11.8 Å². The van der Waals surface area contributed by atoms with Crippen molar-refractivity contribution in [2.24, 2.45) is 11.8 Å². The molecule has 0 aromatic heterocycles. The van der Waals surface area contributed by atoms with Gasteiger partial charge in [0.05, 0.1) is 12.1 Å². The fourth-order valence-corrected chi connectivity index (χ4v) is 2.85. The number of carbonyl (C=O) groups excluding carboxylic acids is 2. The van der Waals surface area contributed by atoms with E-state index >= 15 is 0 Å². The van der Waals surface area contributed by atoms with Gasteiger partial charge in [0.1, 0.15) is 12.1 Å². The summed E-state index contributed by atoms with van der Waals surface area (Å²) >= 11 is 0. The van der Waals surface area contributed by atoms with Crippen LogP contribution in [-0.4, -0.2) is 48.1 Å². The van der Waals surface area contributed by atoms with Gasteiger partial charge in [0.15, 0.2) is 0 Å². The van der Waals surface area contributed by atoms with Gasteiger partial charge in [-0.1, -0.05) is 27.7 Å². The summed E-state index contributed by atoms with van der Waals surface area (Å²) < 4.78 is 5.24. The van der Waals surface area contributed by atoms with Gasteiger partial charge in [0.25, 0.3) is 0 Å². The molecule has 0 saturated carbocycles. The molecular weight excluding hydrogens is 256 g/mol. The van der Waals surface area contributed by atoms with Gasteiger partial charge in [-0.15, -0.1) is 0 Å². The molecule has 1 fully saturated rings. The second-order valence-corrected chi connectivity index (χ2v) is 6.87. The summed E-state index contributed by atoms with van der Waals surface area (Å²) in [7, 11) is 1.61. The summed E-state index contributed by atoms with van der Waals surface area (Å²) in [4.78, 5) is 26.9. The normalized spacial score (nSPS) is 24.6. The standard InChI is InChI=1S/C15H28N2O3/c1-9(2)11-14(19)17(15(5,6)8-20-7)12(10(3)4)13(18)16-11/h9-12H,8H2,1-7H3,(H,16,18). The van der Waals surface area contributed by atoms with E-state index in [0.717, 1.165) is 0 Å². The molecule has 1 N–H and O–H groups in total. The summed E-state index contributed by atoms with van der Waals surface area (Å²) in [5.41, 5.74) is -0.508. The van der Waals surface area contributed by atoms with E-state index in [1.54, 1.807) is 12.0 Å². The summed E-state index contributed by atoms with van der Waals surface area (Å²) in [6.07, 6.45) is 0. The monoisotopic (exact) mass is 284 g/mol. The maximum absolute atomic E-state index is 12.8. The van der Waals surface area contributed by atoms with Crippen molar-refractivity contribution in [2.45, 2.75) is 59.2 Å². The van der Waals surface area contributed by atoms with Crippen molar-refractivity contribution in [3.05, 3.63) is 0 Å². The first-order valence-corrected chi connectivity index (χ1v) is 7.26. The maximum Gasteiger partial charge on any atom is 0.246 e. The van der Waals surface area contributed by atoms with Crippen LogP contribution in [0.15, 0.2) is 0 Å². The lowest BCUT2D eigenvalue weighted by molar-refractivity contribution is -0.161. The number of rotatable bonds is 5. The van der Waals surface area contributed by atoms with Gasteiger partial charge < -0.3 is 15.0 Å².